The zero-order chi connectivity index (χ0) is 25.3. The average molecular weight is 510 g/mol. The van der Waals surface area contributed by atoms with Crippen LogP contribution in [-0.2, 0) is 6.18 Å². The van der Waals surface area contributed by atoms with E-state index in [0.717, 1.165) is 22.4 Å². The number of methoxy groups -OCH3 is 1. The largest absolute Gasteiger partial charge is 0.495 e. The third-order valence-corrected chi connectivity index (χ3v) is 6.32. The number of hydrogen-bond acceptors (Lipinski definition) is 6. The number of fused-ring (bicyclic) bond motifs is 1. The monoisotopic (exact) mass is 509 g/mol. The van der Waals surface area contributed by atoms with Gasteiger partial charge in [-0.25, -0.2) is 0 Å². The molecule has 1 N–H and O–H groups in total. The maximum atomic E-state index is 13.3. The molecule has 5 rings (SSSR count). The number of ether oxygens (including phenoxy) is 1. The second kappa shape index (κ2) is 9.46. The van der Waals surface area contributed by atoms with Gasteiger partial charge in [0.05, 0.1) is 23.9 Å². The highest BCUT2D eigenvalue weighted by atomic mass is 32.2. The van der Waals surface area contributed by atoms with Gasteiger partial charge in [0, 0.05) is 17.0 Å². The fraction of sp³-hybridized carbons (Fsp3) is 0.0769. The summed E-state index contributed by atoms with van der Waals surface area (Å²) in [6.45, 7) is 0. The summed E-state index contributed by atoms with van der Waals surface area (Å²) in [5, 5.41) is 4.59. The number of rotatable bonds is 6. The summed E-state index contributed by atoms with van der Waals surface area (Å²) in [6, 6.07) is 20.4. The van der Waals surface area contributed by atoms with Gasteiger partial charge in [-0.2, -0.15) is 13.2 Å². The third kappa shape index (κ3) is 4.67. The lowest BCUT2D eigenvalue weighted by molar-refractivity contribution is -0.137. The molecule has 0 amide bonds. The van der Waals surface area contributed by atoms with Crippen molar-refractivity contribution in [3.8, 4) is 22.6 Å². The molecule has 0 aliphatic heterocycles. The van der Waals surface area contributed by atoms with Crippen molar-refractivity contribution in [2.24, 2.45) is 0 Å². The molecule has 2 heterocycles. The van der Waals surface area contributed by atoms with Crippen molar-refractivity contribution in [3.05, 3.63) is 101 Å². The van der Waals surface area contributed by atoms with Crippen LogP contribution in [0.5, 0.6) is 5.75 Å². The molecule has 0 fully saturated rings. The third-order valence-electron chi connectivity index (χ3n) is 5.52. The van der Waals surface area contributed by atoms with E-state index < -0.39 is 11.7 Å². The SMILES string of the molecule is COc1ccc(-c2cccc(C(F)(F)F)c2)cc1-n1c(=O)ccc2cc(SNc3ccon3)ccc21. The second-order valence-electron chi connectivity index (χ2n) is 7.78. The van der Waals surface area contributed by atoms with E-state index in [1.807, 2.05) is 12.1 Å². The first-order valence-corrected chi connectivity index (χ1v) is 11.5. The number of hydrogen-bond donors (Lipinski definition) is 1. The van der Waals surface area contributed by atoms with E-state index in [-0.39, 0.29) is 5.56 Å². The van der Waals surface area contributed by atoms with Crippen LogP contribution in [0.25, 0.3) is 27.7 Å². The van der Waals surface area contributed by atoms with Crippen LogP contribution in [0, 0.1) is 0 Å². The Morgan fingerprint density at radius 3 is 2.56 bits per heavy atom. The predicted molar refractivity (Wildman–Crippen MR) is 133 cm³/mol. The van der Waals surface area contributed by atoms with Crippen LogP contribution in [0.2, 0.25) is 0 Å². The number of halogens is 3. The summed E-state index contributed by atoms with van der Waals surface area (Å²) in [5.74, 6) is 0.979. The minimum atomic E-state index is -4.46. The Hall–Kier alpha value is -4.18. The molecule has 0 saturated heterocycles. The van der Waals surface area contributed by atoms with Gasteiger partial charge >= 0.3 is 6.18 Å². The standard InChI is InChI=1S/C26H18F3N3O3S/c1-34-23-9-5-17(16-3-2-4-19(13-16)26(27,28)29)15-22(23)32-21-8-7-20(14-18(21)6-10-25(32)33)36-31-24-11-12-35-30-24/h2-15H,1H3,(H,30,31). The Kier molecular flexibility index (Phi) is 6.19. The van der Waals surface area contributed by atoms with Gasteiger partial charge in [-0.1, -0.05) is 23.4 Å². The van der Waals surface area contributed by atoms with E-state index in [0.29, 0.717) is 33.9 Å². The zero-order valence-corrected chi connectivity index (χ0v) is 19.6. The molecule has 3 aromatic carbocycles. The molecule has 2 aromatic heterocycles. The number of nitrogens with one attached hydrogen (secondary N) is 1. The molecule has 5 aromatic rings. The molecule has 0 atom stereocenters. The van der Waals surface area contributed by atoms with Gasteiger partial charge in [-0.3, -0.25) is 9.36 Å². The number of alkyl halides is 3. The molecule has 0 radical (unpaired) electrons. The van der Waals surface area contributed by atoms with Crippen molar-refractivity contribution in [1.82, 2.24) is 9.72 Å². The number of aromatic nitrogens is 2. The van der Waals surface area contributed by atoms with Crippen molar-refractivity contribution in [1.29, 1.82) is 0 Å². The molecule has 36 heavy (non-hydrogen) atoms. The lowest BCUT2D eigenvalue weighted by Gasteiger charge is -2.16. The zero-order valence-electron chi connectivity index (χ0n) is 18.7. The van der Waals surface area contributed by atoms with E-state index in [2.05, 4.69) is 9.88 Å². The van der Waals surface area contributed by atoms with E-state index >= 15 is 0 Å². The van der Waals surface area contributed by atoms with Crippen molar-refractivity contribution >= 4 is 28.7 Å². The highest BCUT2D eigenvalue weighted by Gasteiger charge is 2.30. The van der Waals surface area contributed by atoms with Gasteiger partial charge in [0.25, 0.3) is 5.56 Å². The van der Waals surface area contributed by atoms with Gasteiger partial charge < -0.3 is 14.0 Å². The molecule has 0 saturated carbocycles. The van der Waals surface area contributed by atoms with Gasteiger partial charge in [-0.05, 0) is 77.0 Å². The summed E-state index contributed by atoms with van der Waals surface area (Å²) >= 11 is 1.33. The number of anilines is 1. The van der Waals surface area contributed by atoms with E-state index in [1.165, 1.54) is 42.0 Å². The van der Waals surface area contributed by atoms with Crippen LogP contribution >= 0.6 is 11.9 Å². The maximum absolute atomic E-state index is 13.3. The molecule has 0 spiro atoms. The normalized spacial score (nSPS) is 11.6. The highest BCUT2D eigenvalue weighted by molar-refractivity contribution is 8.00. The number of pyridine rings is 1. The van der Waals surface area contributed by atoms with Crippen LogP contribution in [-0.4, -0.2) is 16.8 Å². The summed E-state index contributed by atoms with van der Waals surface area (Å²) in [4.78, 5) is 13.9. The summed E-state index contributed by atoms with van der Waals surface area (Å²) in [6.07, 6.45) is -3.00. The fourth-order valence-electron chi connectivity index (χ4n) is 3.83. The summed E-state index contributed by atoms with van der Waals surface area (Å²) in [5.41, 5.74) is 0.883. The van der Waals surface area contributed by atoms with Crippen LogP contribution < -0.4 is 15.0 Å². The first kappa shape index (κ1) is 23.6. The van der Waals surface area contributed by atoms with Gasteiger partial charge in [0.1, 0.15) is 12.0 Å². The van der Waals surface area contributed by atoms with Gasteiger partial charge in [-0.15, -0.1) is 0 Å². The van der Waals surface area contributed by atoms with Crippen molar-refractivity contribution < 1.29 is 22.4 Å². The van der Waals surface area contributed by atoms with Crippen LogP contribution in [0.3, 0.4) is 0 Å². The summed E-state index contributed by atoms with van der Waals surface area (Å²) in [7, 11) is 1.48. The molecule has 0 aliphatic rings. The Balaban J connectivity index is 1.59. The van der Waals surface area contributed by atoms with E-state index in [1.54, 1.807) is 42.5 Å². The first-order valence-electron chi connectivity index (χ1n) is 10.7. The molecule has 0 bridgehead atoms. The fourth-order valence-corrected chi connectivity index (χ4v) is 4.48. The van der Waals surface area contributed by atoms with Crippen molar-refractivity contribution in [2.75, 3.05) is 11.8 Å². The molecule has 10 heteroatoms. The minimum Gasteiger partial charge on any atom is -0.495 e. The number of benzene rings is 3. The minimum absolute atomic E-state index is 0.303. The number of nitrogens with zero attached hydrogens (tertiary/aromatic N) is 2. The molecular formula is C26H18F3N3O3S. The molecule has 182 valence electrons. The Morgan fingerprint density at radius 1 is 0.972 bits per heavy atom. The molecular weight excluding hydrogens is 491 g/mol. The molecule has 6 nitrogen and oxygen atoms in total. The van der Waals surface area contributed by atoms with Crippen LogP contribution in [0.4, 0.5) is 19.0 Å². The molecule has 0 unspecified atom stereocenters. The van der Waals surface area contributed by atoms with Crippen molar-refractivity contribution in [2.45, 2.75) is 11.1 Å². The summed E-state index contributed by atoms with van der Waals surface area (Å²) < 4.78 is 54.7. The topological polar surface area (TPSA) is 69.3 Å². The second-order valence-corrected chi connectivity index (χ2v) is 8.66. The molecule has 0 aliphatic carbocycles. The van der Waals surface area contributed by atoms with E-state index in [4.69, 9.17) is 9.26 Å². The predicted octanol–water partition coefficient (Wildman–Crippen LogP) is 6.79. The highest BCUT2D eigenvalue weighted by Crippen LogP contribution is 2.35. The smallest absolute Gasteiger partial charge is 0.416 e. The maximum Gasteiger partial charge on any atom is 0.416 e. The Labute approximate surface area is 207 Å². The Bertz CT molecular complexity index is 1600. The Morgan fingerprint density at radius 2 is 1.81 bits per heavy atom. The van der Waals surface area contributed by atoms with E-state index in [9.17, 15) is 18.0 Å². The lowest BCUT2D eigenvalue weighted by atomic mass is 10.0. The van der Waals surface area contributed by atoms with Crippen LogP contribution in [0.15, 0.2) is 99.3 Å². The lowest BCUT2D eigenvalue weighted by Crippen LogP contribution is -2.18. The van der Waals surface area contributed by atoms with Crippen molar-refractivity contribution in [3.63, 3.8) is 0 Å². The average Bonchev–Trinajstić information content (AvgIpc) is 3.40. The van der Waals surface area contributed by atoms with Gasteiger partial charge in [0.15, 0.2) is 5.82 Å². The van der Waals surface area contributed by atoms with Gasteiger partial charge in [0.2, 0.25) is 0 Å². The quantitative estimate of drug-likeness (QED) is 0.254. The first-order chi connectivity index (χ1) is 17.3. The van der Waals surface area contributed by atoms with Crippen LogP contribution in [0.1, 0.15) is 5.56 Å².